The predicted molar refractivity (Wildman–Crippen MR) is 74.5 cm³/mol. The highest BCUT2D eigenvalue weighted by Crippen LogP contribution is 2.28. The molecule has 0 bridgehead atoms. The molecule has 0 saturated carbocycles. The summed E-state index contributed by atoms with van der Waals surface area (Å²) in [6, 6.07) is 5.83. The molecular formula is C15H18N2O2. The van der Waals surface area contributed by atoms with E-state index in [1.165, 1.54) is 10.2 Å². The first-order chi connectivity index (χ1) is 8.93. The summed E-state index contributed by atoms with van der Waals surface area (Å²) in [6.45, 7) is 8.54. The van der Waals surface area contributed by atoms with Crippen LogP contribution in [0.4, 0.5) is 0 Å². The molecule has 0 unspecified atom stereocenters. The van der Waals surface area contributed by atoms with Gasteiger partial charge in [0, 0.05) is 12.1 Å². The van der Waals surface area contributed by atoms with Gasteiger partial charge in [-0.2, -0.15) is 5.10 Å². The molecule has 0 saturated heterocycles. The SMILES string of the molecule is CCn1nc(-c2c(C)cc(C)cc2C)cc1C(=O)O. The molecule has 0 amide bonds. The average Bonchev–Trinajstić information content (AvgIpc) is 2.71. The highest BCUT2D eigenvalue weighted by Gasteiger charge is 2.16. The van der Waals surface area contributed by atoms with Crippen LogP contribution in [0.2, 0.25) is 0 Å². The number of aromatic nitrogens is 2. The summed E-state index contributed by atoms with van der Waals surface area (Å²) in [6.07, 6.45) is 0. The van der Waals surface area contributed by atoms with Crippen molar-refractivity contribution in [2.24, 2.45) is 0 Å². The first-order valence-corrected chi connectivity index (χ1v) is 6.33. The van der Waals surface area contributed by atoms with E-state index in [0.29, 0.717) is 6.54 Å². The second kappa shape index (κ2) is 4.88. The highest BCUT2D eigenvalue weighted by molar-refractivity contribution is 5.87. The van der Waals surface area contributed by atoms with Gasteiger partial charge in [0.25, 0.3) is 0 Å². The zero-order valence-electron chi connectivity index (χ0n) is 11.7. The summed E-state index contributed by atoms with van der Waals surface area (Å²) < 4.78 is 1.52. The van der Waals surface area contributed by atoms with Crippen molar-refractivity contribution < 1.29 is 9.90 Å². The van der Waals surface area contributed by atoms with Gasteiger partial charge in [-0.15, -0.1) is 0 Å². The summed E-state index contributed by atoms with van der Waals surface area (Å²) in [5.41, 5.74) is 5.43. The lowest BCUT2D eigenvalue weighted by atomic mass is 9.97. The maximum atomic E-state index is 11.2. The number of carboxylic acids is 1. The van der Waals surface area contributed by atoms with E-state index in [4.69, 9.17) is 0 Å². The first kappa shape index (κ1) is 13.3. The van der Waals surface area contributed by atoms with Crippen molar-refractivity contribution in [1.82, 2.24) is 9.78 Å². The van der Waals surface area contributed by atoms with Gasteiger partial charge in [-0.25, -0.2) is 4.79 Å². The van der Waals surface area contributed by atoms with E-state index in [-0.39, 0.29) is 5.69 Å². The molecule has 1 aromatic carbocycles. The van der Waals surface area contributed by atoms with Gasteiger partial charge in [0.15, 0.2) is 0 Å². The van der Waals surface area contributed by atoms with E-state index in [1.807, 2.05) is 20.8 Å². The van der Waals surface area contributed by atoms with Crippen molar-refractivity contribution in [1.29, 1.82) is 0 Å². The number of aryl methyl sites for hydroxylation is 4. The topological polar surface area (TPSA) is 55.1 Å². The van der Waals surface area contributed by atoms with Crippen molar-refractivity contribution >= 4 is 5.97 Å². The van der Waals surface area contributed by atoms with Crippen LogP contribution in [-0.4, -0.2) is 20.9 Å². The lowest BCUT2D eigenvalue weighted by Gasteiger charge is -2.08. The Kier molecular flexibility index (Phi) is 3.42. The minimum atomic E-state index is -0.942. The predicted octanol–water partition coefficient (Wildman–Crippen LogP) is 3.19. The lowest BCUT2D eigenvalue weighted by molar-refractivity contribution is 0.0683. The van der Waals surface area contributed by atoms with Crippen LogP contribution in [0, 0.1) is 20.8 Å². The van der Waals surface area contributed by atoms with Crippen molar-refractivity contribution in [2.45, 2.75) is 34.2 Å². The number of rotatable bonds is 3. The van der Waals surface area contributed by atoms with Gasteiger partial charge in [-0.05, 0) is 44.9 Å². The largest absolute Gasteiger partial charge is 0.477 e. The monoisotopic (exact) mass is 258 g/mol. The normalized spacial score (nSPS) is 10.7. The first-order valence-electron chi connectivity index (χ1n) is 6.33. The Hall–Kier alpha value is -2.10. The van der Waals surface area contributed by atoms with E-state index in [9.17, 15) is 9.90 Å². The molecule has 0 aliphatic rings. The minimum Gasteiger partial charge on any atom is -0.477 e. The van der Waals surface area contributed by atoms with E-state index >= 15 is 0 Å². The average molecular weight is 258 g/mol. The third-order valence-corrected chi connectivity index (χ3v) is 3.23. The summed E-state index contributed by atoms with van der Waals surface area (Å²) in [5, 5.41) is 13.6. The molecule has 1 heterocycles. The fraction of sp³-hybridized carbons (Fsp3) is 0.333. The highest BCUT2D eigenvalue weighted by atomic mass is 16.4. The second-order valence-electron chi connectivity index (χ2n) is 4.81. The van der Waals surface area contributed by atoms with Gasteiger partial charge in [0.2, 0.25) is 0 Å². The van der Waals surface area contributed by atoms with E-state index in [1.54, 1.807) is 6.07 Å². The summed E-state index contributed by atoms with van der Waals surface area (Å²) >= 11 is 0. The summed E-state index contributed by atoms with van der Waals surface area (Å²) in [4.78, 5) is 11.2. The molecule has 0 atom stereocenters. The molecule has 0 aliphatic heterocycles. The Balaban J connectivity index is 2.63. The van der Waals surface area contributed by atoms with E-state index in [0.717, 1.165) is 22.4 Å². The van der Waals surface area contributed by atoms with Crippen molar-refractivity contribution in [2.75, 3.05) is 0 Å². The molecule has 2 aromatic rings. The van der Waals surface area contributed by atoms with Crippen LogP contribution in [0.5, 0.6) is 0 Å². The van der Waals surface area contributed by atoms with Crippen LogP contribution in [0.25, 0.3) is 11.3 Å². The van der Waals surface area contributed by atoms with Gasteiger partial charge < -0.3 is 5.11 Å². The number of hydrogen-bond acceptors (Lipinski definition) is 2. The molecule has 4 heteroatoms. The fourth-order valence-electron chi connectivity index (χ4n) is 2.54. The number of carbonyl (C=O) groups is 1. The molecule has 100 valence electrons. The molecule has 0 fully saturated rings. The molecule has 19 heavy (non-hydrogen) atoms. The minimum absolute atomic E-state index is 0.233. The Morgan fingerprint density at radius 1 is 1.21 bits per heavy atom. The van der Waals surface area contributed by atoms with Crippen molar-refractivity contribution in [3.05, 3.63) is 40.6 Å². The number of benzene rings is 1. The fourth-order valence-corrected chi connectivity index (χ4v) is 2.54. The number of carboxylic acid groups (broad SMARTS) is 1. The molecule has 4 nitrogen and oxygen atoms in total. The van der Waals surface area contributed by atoms with Crippen LogP contribution in [-0.2, 0) is 6.54 Å². The summed E-state index contributed by atoms with van der Waals surface area (Å²) in [5.74, 6) is -0.942. The Morgan fingerprint density at radius 3 is 2.21 bits per heavy atom. The van der Waals surface area contributed by atoms with E-state index in [2.05, 4.69) is 24.2 Å². The number of hydrogen-bond donors (Lipinski definition) is 1. The zero-order chi connectivity index (χ0) is 14.2. The van der Waals surface area contributed by atoms with Gasteiger partial charge >= 0.3 is 5.97 Å². The second-order valence-corrected chi connectivity index (χ2v) is 4.81. The van der Waals surface area contributed by atoms with Gasteiger partial charge in [-0.1, -0.05) is 17.7 Å². The van der Waals surface area contributed by atoms with Gasteiger partial charge in [0.1, 0.15) is 5.69 Å². The van der Waals surface area contributed by atoms with Crippen molar-refractivity contribution in [3.63, 3.8) is 0 Å². The summed E-state index contributed by atoms with van der Waals surface area (Å²) in [7, 11) is 0. The third-order valence-electron chi connectivity index (χ3n) is 3.23. The molecule has 1 aromatic heterocycles. The van der Waals surface area contributed by atoms with Gasteiger partial charge in [0.05, 0.1) is 5.69 Å². The molecular weight excluding hydrogens is 240 g/mol. The smallest absolute Gasteiger partial charge is 0.354 e. The Morgan fingerprint density at radius 2 is 1.79 bits per heavy atom. The standard InChI is InChI=1S/C15H18N2O2/c1-5-17-13(15(18)19)8-12(16-17)14-10(3)6-9(2)7-11(14)4/h6-8H,5H2,1-4H3,(H,18,19). The maximum absolute atomic E-state index is 11.2. The third kappa shape index (κ3) is 2.38. The van der Waals surface area contributed by atoms with Crippen LogP contribution in [0.15, 0.2) is 18.2 Å². The molecule has 0 radical (unpaired) electrons. The van der Waals surface area contributed by atoms with Crippen molar-refractivity contribution in [3.8, 4) is 11.3 Å². The quantitative estimate of drug-likeness (QED) is 0.919. The van der Waals surface area contributed by atoms with Crippen LogP contribution in [0.3, 0.4) is 0 Å². The molecule has 1 N–H and O–H groups in total. The van der Waals surface area contributed by atoms with Crippen LogP contribution in [0.1, 0.15) is 34.1 Å². The van der Waals surface area contributed by atoms with Crippen LogP contribution < -0.4 is 0 Å². The molecule has 2 rings (SSSR count). The van der Waals surface area contributed by atoms with Crippen LogP contribution >= 0.6 is 0 Å². The maximum Gasteiger partial charge on any atom is 0.354 e. The number of nitrogens with zero attached hydrogens (tertiary/aromatic N) is 2. The molecule has 0 aliphatic carbocycles. The number of aromatic carboxylic acids is 1. The Bertz CT molecular complexity index is 619. The Labute approximate surface area is 112 Å². The van der Waals surface area contributed by atoms with Gasteiger partial charge in [-0.3, -0.25) is 4.68 Å². The molecule has 0 spiro atoms. The zero-order valence-corrected chi connectivity index (χ0v) is 11.7. The van der Waals surface area contributed by atoms with E-state index < -0.39 is 5.97 Å². The lowest BCUT2D eigenvalue weighted by Crippen LogP contribution is -2.08.